The van der Waals surface area contributed by atoms with Crippen molar-refractivity contribution in [2.45, 2.75) is 110 Å². The number of amides is 1. The molecule has 0 fully saturated rings. The number of aromatic nitrogens is 1. The van der Waals surface area contributed by atoms with E-state index in [-0.39, 0.29) is 29.9 Å². The van der Waals surface area contributed by atoms with Crippen molar-refractivity contribution in [3.63, 3.8) is 0 Å². The Kier molecular flexibility index (Phi) is 18.7. The molecule has 3 rings (SSSR count). The van der Waals surface area contributed by atoms with E-state index in [1.165, 1.54) is 70.6 Å². The second-order valence-electron chi connectivity index (χ2n) is 11.2. The molecule has 0 unspecified atom stereocenters. The molecule has 236 valence electrons. The van der Waals surface area contributed by atoms with Crippen LogP contribution in [0.25, 0.3) is 0 Å². The van der Waals surface area contributed by atoms with Crippen LogP contribution in [0.15, 0.2) is 72.9 Å². The van der Waals surface area contributed by atoms with Crippen LogP contribution in [0.3, 0.4) is 0 Å². The van der Waals surface area contributed by atoms with Crippen molar-refractivity contribution in [2.24, 2.45) is 0 Å². The number of carbonyl (C=O) groups excluding carboxylic acids is 1. The second kappa shape index (κ2) is 22.0. The zero-order chi connectivity index (χ0) is 29.8. The standard InChI is InChI=1S/C37H53N2O3.HI/c1-4-6-7-8-9-10-11-12-13-14-15-21-29-42-35-26-25-32(30-36(35)41-3)31-39(33-22-17-16-18-23-33)37(40)34-24-19-20-28-38(34)27-5-2;/h16-20,22-26,28,30H,4-15,21,27,29,31H2,1-3H3;1H/q+1;/p-1. The molecule has 0 aliphatic carbocycles. The van der Waals surface area contributed by atoms with Gasteiger partial charge in [-0.1, -0.05) is 109 Å². The first-order valence-electron chi connectivity index (χ1n) is 16.3. The number of benzene rings is 2. The fourth-order valence-corrected chi connectivity index (χ4v) is 5.37. The fourth-order valence-electron chi connectivity index (χ4n) is 5.37. The van der Waals surface area contributed by atoms with Gasteiger partial charge in [-0.3, -0.25) is 9.69 Å². The maximum absolute atomic E-state index is 13.9. The number of carbonyl (C=O) groups is 1. The zero-order valence-electron chi connectivity index (χ0n) is 26.7. The topological polar surface area (TPSA) is 42.7 Å². The molecule has 1 amide bonds. The van der Waals surface area contributed by atoms with E-state index < -0.39 is 0 Å². The minimum Gasteiger partial charge on any atom is -1.00 e. The number of rotatable bonds is 21. The fraction of sp³-hybridized carbons (Fsp3) is 0.514. The van der Waals surface area contributed by atoms with Gasteiger partial charge in [-0.15, -0.1) is 0 Å². The van der Waals surface area contributed by atoms with Crippen molar-refractivity contribution in [2.75, 3.05) is 18.6 Å². The molecule has 1 aromatic heterocycles. The Labute approximate surface area is 278 Å². The average Bonchev–Trinajstić information content (AvgIpc) is 3.03. The highest BCUT2D eigenvalue weighted by Gasteiger charge is 2.26. The molecule has 2 aromatic carbocycles. The maximum Gasteiger partial charge on any atom is 0.323 e. The Balaban J connectivity index is 0.00000645. The molecular weight excluding hydrogens is 647 g/mol. The Morgan fingerprint density at radius 1 is 0.721 bits per heavy atom. The number of halogens is 1. The van der Waals surface area contributed by atoms with Crippen LogP contribution in [-0.2, 0) is 13.1 Å². The number of hydrogen-bond acceptors (Lipinski definition) is 3. The molecule has 0 N–H and O–H groups in total. The average molecular weight is 701 g/mol. The van der Waals surface area contributed by atoms with E-state index in [9.17, 15) is 4.79 Å². The summed E-state index contributed by atoms with van der Waals surface area (Å²) in [5.41, 5.74) is 2.53. The number of unbranched alkanes of at least 4 members (excludes halogenated alkanes) is 11. The minimum absolute atomic E-state index is 0. The number of hydrogen-bond donors (Lipinski definition) is 0. The third-order valence-corrected chi connectivity index (χ3v) is 7.76. The van der Waals surface area contributed by atoms with Gasteiger partial charge in [-0.2, -0.15) is 4.57 Å². The molecular formula is C37H53IN2O3. The molecule has 0 saturated heterocycles. The van der Waals surface area contributed by atoms with Crippen molar-refractivity contribution in [1.29, 1.82) is 0 Å². The summed E-state index contributed by atoms with van der Waals surface area (Å²) in [5, 5.41) is 0. The van der Waals surface area contributed by atoms with Crippen molar-refractivity contribution in [1.82, 2.24) is 0 Å². The molecule has 1 heterocycles. The summed E-state index contributed by atoms with van der Waals surface area (Å²) >= 11 is 0. The van der Waals surface area contributed by atoms with Gasteiger partial charge >= 0.3 is 5.91 Å². The van der Waals surface area contributed by atoms with E-state index in [1.54, 1.807) is 7.11 Å². The van der Waals surface area contributed by atoms with Crippen molar-refractivity contribution in [3.8, 4) is 11.5 Å². The first kappa shape index (κ1) is 36.6. The lowest BCUT2D eigenvalue weighted by Gasteiger charge is -2.23. The third kappa shape index (κ3) is 12.9. The normalized spacial score (nSPS) is 10.7. The van der Waals surface area contributed by atoms with E-state index in [2.05, 4.69) is 13.8 Å². The quantitative estimate of drug-likeness (QED) is 0.0743. The monoisotopic (exact) mass is 700 g/mol. The summed E-state index contributed by atoms with van der Waals surface area (Å²) in [7, 11) is 1.67. The van der Waals surface area contributed by atoms with Gasteiger partial charge in [0.25, 0.3) is 5.69 Å². The van der Waals surface area contributed by atoms with Crippen LogP contribution in [-0.4, -0.2) is 19.6 Å². The first-order chi connectivity index (χ1) is 20.7. The lowest BCUT2D eigenvalue weighted by atomic mass is 10.1. The van der Waals surface area contributed by atoms with Crippen LogP contribution in [0.4, 0.5) is 5.69 Å². The van der Waals surface area contributed by atoms with Gasteiger partial charge in [0.2, 0.25) is 0 Å². The van der Waals surface area contributed by atoms with E-state index >= 15 is 0 Å². The number of anilines is 1. The first-order valence-corrected chi connectivity index (χ1v) is 16.3. The van der Waals surface area contributed by atoms with Gasteiger partial charge in [0.05, 0.1) is 20.3 Å². The molecule has 0 radical (unpaired) electrons. The number of pyridine rings is 1. The molecule has 0 bridgehead atoms. The van der Waals surface area contributed by atoms with Crippen molar-refractivity contribution < 1.29 is 42.8 Å². The smallest absolute Gasteiger partial charge is 0.323 e. The minimum atomic E-state index is -0.0264. The Hall–Kier alpha value is -2.61. The van der Waals surface area contributed by atoms with E-state index in [1.807, 2.05) is 82.4 Å². The summed E-state index contributed by atoms with van der Waals surface area (Å²) in [5.74, 6) is 1.43. The highest BCUT2D eigenvalue weighted by atomic mass is 127. The predicted octanol–water partition coefficient (Wildman–Crippen LogP) is 6.32. The predicted molar refractivity (Wildman–Crippen MR) is 173 cm³/mol. The summed E-state index contributed by atoms with van der Waals surface area (Å²) in [6.45, 7) is 6.31. The summed E-state index contributed by atoms with van der Waals surface area (Å²) in [4.78, 5) is 15.7. The van der Waals surface area contributed by atoms with Crippen molar-refractivity contribution in [3.05, 3.63) is 84.2 Å². The van der Waals surface area contributed by atoms with Gasteiger partial charge < -0.3 is 33.5 Å². The molecule has 0 saturated carbocycles. The van der Waals surface area contributed by atoms with E-state index in [0.29, 0.717) is 24.6 Å². The van der Waals surface area contributed by atoms with Crippen LogP contribution < -0.4 is 42.9 Å². The van der Waals surface area contributed by atoms with Gasteiger partial charge in [-0.05, 0) is 42.3 Å². The molecule has 6 heteroatoms. The molecule has 0 atom stereocenters. The Morgan fingerprint density at radius 3 is 1.98 bits per heavy atom. The van der Waals surface area contributed by atoms with Gasteiger partial charge in [-0.25, -0.2) is 0 Å². The van der Waals surface area contributed by atoms with Crippen LogP contribution in [0.2, 0.25) is 0 Å². The highest BCUT2D eigenvalue weighted by Crippen LogP contribution is 2.30. The Morgan fingerprint density at radius 2 is 1.35 bits per heavy atom. The molecule has 43 heavy (non-hydrogen) atoms. The number of methoxy groups -OCH3 is 1. The Bertz CT molecular complexity index is 1170. The number of para-hydroxylation sites is 1. The summed E-state index contributed by atoms with van der Waals surface area (Å²) in [6, 6.07) is 21.7. The lowest BCUT2D eigenvalue weighted by molar-refractivity contribution is -0.698. The van der Waals surface area contributed by atoms with Crippen LogP contribution >= 0.6 is 0 Å². The van der Waals surface area contributed by atoms with Gasteiger partial charge in [0, 0.05) is 24.2 Å². The summed E-state index contributed by atoms with van der Waals surface area (Å²) in [6.07, 6.45) is 18.8. The summed E-state index contributed by atoms with van der Waals surface area (Å²) < 4.78 is 13.8. The van der Waals surface area contributed by atoms with Crippen molar-refractivity contribution >= 4 is 11.6 Å². The zero-order valence-corrected chi connectivity index (χ0v) is 28.9. The molecule has 0 spiro atoms. The van der Waals surface area contributed by atoms with E-state index in [0.717, 1.165) is 36.4 Å². The van der Waals surface area contributed by atoms with Gasteiger partial charge in [0.15, 0.2) is 17.7 Å². The SMILES string of the molecule is CCCCCCCCCCCCCCOc1ccc(CN(C(=O)c2cccc[n+]2CCC)c2ccccc2)cc1OC.[I-]. The molecule has 5 nitrogen and oxygen atoms in total. The van der Waals surface area contributed by atoms with Crippen LogP contribution in [0.1, 0.15) is 113 Å². The third-order valence-electron chi connectivity index (χ3n) is 7.76. The van der Waals surface area contributed by atoms with E-state index in [4.69, 9.17) is 9.47 Å². The van der Waals surface area contributed by atoms with Gasteiger partial charge in [0.1, 0.15) is 6.54 Å². The number of aryl methyl sites for hydroxylation is 1. The largest absolute Gasteiger partial charge is 1.00 e. The lowest BCUT2D eigenvalue weighted by Crippen LogP contribution is -3.00. The molecule has 0 aliphatic rings. The second-order valence-corrected chi connectivity index (χ2v) is 11.2. The number of ether oxygens (including phenoxy) is 2. The van der Waals surface area contributed by atoms with Crippen LogP contribution in [0, 0.1) is 0 Å². The highest BCUT2D eigenvalue weighted by molar-refractivity contribution is 6.03. The maximum atomic E-state index is 13.9. The molecule has 3 aromatic rings. The number of nitrogens with zero attached hydrogens (tertiary/aromatic N) is 2. The molecule has 0 aliphatic heterocycles. The van der Waals surface area contributed by atoms with Crippen LogP contribution in [0.5, 0.6) is 11.5 Å².